The number of halogens is 1. The second-order valence-electron chi connectivity index (χ2n) is 3.48. The first-order valence-electron chi connectivity index (χ1n) is 4.82. The van der Waals surface area contributed by atoms with Crippen LogP contribution in [0.2, 0.25) is 0 Å². The topological polar surface area (TPSA) is 55.5 Å². The number of ether oxygens (including phenoxy) is 1. The molecular formula is C9H20ClNO2. The van der Waals surface area contributed by atoms with Crippen molar-refractivity contribution < 1.29 is 9.84 Å². The Morgan fingerprint density at radius 2 is 1.92 bits per heavy atom. The lowest BCUT2D eigenvalue weighted by Gasteiger charge is -2.22. The van der Waals surface area contributed by atoms with E-state index in [1.165, 1.54) is 19.3 Å². The molecule has 1 aliphatic rings. The van der Waals surface area contributed by atoms with Gasteiger partial charge in [0.2, 0.25) is 0 Å². The molecule has 1 atom stereocenters. The van der Waals surface area contributed by atoms with Crippen molar-refractivity contribution in [2.24, 2.45) is 5.73 Å². The molecule has 0 aromatic heterocycles. The smallest absolute Gasteiger partial charge is 0.0895 e. The van der Waals surface area contributed by atoms with Gasteiger partial charge in [0.1, 0.15) is 0 Å². The molecule has 13 heavy (non-hydrogen) atoms. The fraction of sp³-hybridized carbons (Fsp3) is 1.00. The van der Waals surface area contributed by atoms with E-state index in [2.05, 4.69) is 0 Å². The average Bonchev–Trinajstić information content (AvgIpc) is 2.16. The van der Waals surface area contributed by atoms with Gasteiger partial charge in [-0.05, 0) is 12.8 Å². The first-order valence-corrected chi connectivity index (χ1v) is 4.82. The molecule has 0 spiro atoms. The van der Waals surface area contributed by atoms with E-state index in [-0.39, 0.29) is 12.4 Å². The van der Waals surface area contributed by atoms with Crippen molar-refractivity contribution in [3.05, 3.63) is 0 Å². The third-order valence-corrected chi connectivity index (χ3v) is 2.35. The van der Waals surface area contributed by atoms with E-state index in [0.29, 0.717) is 19.3 Å². The highest BCUT2D eigenvalue weighted by atomic mass is 35.5. The van der Waals surface area contributed by atoms with E-state index in [0.717, 1.165) is 12.8 Å². The maximum Gasteiger partial charge on any atom is 0.0895 e. The van der Waals surface area contributed by atoms with Crippen molar-refractivity contribution in [2.45, 2.75) is 44.3 Å². The highest BCUT2D eigenvalue weighted by molar-refractivity contribution is 5.85. The third-order valence-electron chi connectivity index (χ3n) is 2.35. The van der Waals surface area contributed by atoms with E-state index < -0.39 is 6.10 Å². The number of aliphatic hydroxyl groups excluding tert-OH is 1. The van der Waals surface area contributed by atoms with Crippen LogP contribution in [-0.4, -0.2) is 30.5 Å². The van der Waals surface area contributed by atoms with Crippen LogP contribution in [0.25, 0.3) is 0 Å². The molecule has 3 N–H and O–H groups in total. The molecule has 0 amide bonds. The van der Waals surface area contributed by atoms with E-state index in [9.17, 15) is 0 Å². The summed E-state index contributed by atoms with van der Waals surface area (Å²) in [6.07, 6.45) is 6.06. The van der Waals surface area contributed by atoms with Gasteiger partial charge in [0.05, 0.1) is 18.8 Å². The molecule has 80 valence electrons. The van der Waals surface area contributed by atoms with Crippen LogP contribution >= 0.6 is 12.4 Å². The van der Waals surface area contributed by atoms with E-state index in [1.54, 1.807) is 0 Å². The Kier molecular flexibility index (Phi) is 7.66. The monoisotopic (exact) mass is 209 g/mol. The van der Waals surface area contributed by atoms with Crippen molar-refractivity contribution in [2.75, 3.05) is 13.2 Å². The van der Waals surface area contributed by atoms with Crippen LogP contribution in [0.3, 0.4) is 0 Å². The maximum atomic E-state index is 9.14. The van der Waals surface area contributed by atoms with Crippen molar-refractivity contribution in [1.82, 2.24) is 0 Å². The first-order chi connectivity index (χ1) is 5.83. The molecule has 4 heteroatoms. The molecule has 1 unspecified atom stereocenters. The zero-order chi connectivity index (χ0) is 8.81. The molecule has 1 aliphatic carbocycles. The molecule has 0 aromatic rings. The summed E-state index contributed by atoms with van der Waals surface area (Å²) in [6, 6.07) is 0. The van der Waals surface area contributed by atoms with Gasteiger partial charge in [0.15, 0.2) is 0 Å². The number of aliphatic hydroxyl groups is 1. The minimum absolute atomic E-state index is 0. The highest BCUT2D eigenvalue weighted by Crippen LogP contribution is 2.20. The Hall–Kier alpha value is 0.170. The highest BCUT2D eigenvalue weighted by Gasteiger charge is 2.14. The van der Waals surface area contributed by atoms with Crippen molar-refractivity contribution >= 4 is 12.4 Å². The second-order valence-corrected chi connectivity index (χ2v) is 3.48. The fourth-order valence-corrected chi connectivity index (χ4v) is 1.55. The lowest BCUT2D eigenvalue weighted by Crippen LogP contribution is -2.28. The minimum atomic E-state index is -0.480. The van der Waals surface area contributed by atoms with Gasteiger partial charge >= 0.3 is 0 Å². The van der Waals surface area contributed by atoms with Gasteiger partial charge in [-0.2, -0.15) is 0 Å². The SMILES string of the molecule is Cl.NCC(O)COC1CCCCC1. The molecule has 3 nitrogen and oxygen atoms in total. The van der Waals surface area contributed by atoms with E-state index >= 15 is 0 Å². The molecular weight excluding hydrogens is 190 g/mol. The van der Waals surface area contributed by atoms with E-state index in [1.807, 2.05) is 0 Å². The van der Waals surface area contributed by atoms with Crippen LogP contribution in [0.5, 0.6) is 0 Å². The number of rotatable bonds is 4. The standard InChI is InChI=1S/C9H19NO2.ClH/c10-6-8(11)7-12-9-4-2-1-3-5-9;/h8-9,11H,1-7,10H2;1H. The van der Waals surface area contributed by atoms with Crippen LogP contribution in [0.1, 0.15) is 32.1 Å². The van der Waals surface area contributed by atoms with Crippen molar-refractivity contribution in [3.63, 3.8) is 0 Å². The van der Waals surface area contributed by atoms with Gasteiger partial charge in [-0.15, -0.1) is 12.4 Å². The summed E-state index contributed by atoms with van der Waals surface area (Å²) >= 11 is 0. The molecule has 1 fully saturated rings. The summed E-state index contributed by atoms with van der Waals surface area (Å²) in [4.78, 5) is 0. The Balaban J connectivity index is 0.00000144. The van der Waals surface area contributed by atoms with Crippen molar-refractivity contribution in [3.8, 4) is 0 Å². The third kappa shape index (κ3) is 5.47. The zero-order valence-electron chi connectivity index (χ0n) is 7.95. The average molecular weight is 210 g/mol. The van der Waals surface area contributed by atoms with Gasteiger partial charge in [-0.1, -0.05) is 19.3 Å². The molecule has 1 saturated carbocycles. The first kappa shape index (κ1) is 13.2. The van der Waals surface area contributed by atoms with Gasteiger partial charge in [-0.3, -0.25) is 0 Å². The summed E-state index contributed by atoms with van der Waals surface area (Å²) in [5.41, 5.74) is 5.26. The fourth-order valence-electron chi connectivity index (χ4n) is 1.55. The molecule has 0 bridgehead atoms. The Bertz CT molecular complexity index is 118. The Morgan fingerprint density at radius 1 is 1.31 bits per heavy atom. The van der Waals surface area contributed by atoms with Crippen LogP contribution < -0.4 is 5.73 Å². The summed E-state index contributed by atoms with van der Waals surface area (Å²) in [5, 5.41) is 9.14. The summed E-state index contributed by atoms with van der Waals surface area (Å²) in [7, 11) is 0. The largest absolute Gasteiger partial charge is 0.389 e. The summed E-state index contributed by atoms with van der Waals surface area (Å²) in [5.74, 6) is 0. The van der Waals surface area contributed by atoms with E-state index in [4.69, 9.17) is 15.6 Å². The van der Waals surface area contributed by atoms with Gasteiger partial charge in [0.25, 0.3) is 0 Å². The summed E-state index contributed by atoms with van der Waals surface area (Å²) in [6.45, 7) is 0.702. The van der Waals surface area contributed by atoms with Crippen LogP contribution in [-0.2, 0) is 4.74 Å². The lowest BCUT2D eigenvalue weighted by atomic mass is 9.98. The number of hydrogen-bond donors (Lipinski definition) is 2. The molecule has 1 rings (SSSR count). The quantitative estimate of drug-likeness (QED) is 0.729. The Labute approximate surface area is 86.1 Å². The second kappa shape index (κ2) is 7.56. The molecule has 0 heterocycles. The Morgan fingerprint density at radius 3 is 2.46 bits per heavy atom. The van der Waals surface area contributed by atoms with Crippen LogP contribution in [0.15, 0.2) is 0 Å². The molecule has 0 saturated heterocycles. The maximum absolute atomic E-state index is 9.14. The molecule has 0 aliphatic heterocycles. The van der Waals surface area contributed by atoms with Crippen LogP contribution in [0, 0.1) is 0 Å². The minimum Gasteiger partial charge on any atom is -0.389 e. The normalized spacial score (nSPS) is 20.8. The lowest BCUT2D eigenvalue weighted by molar-refractivity contribution is -0.0206. The summed E-state index contributed by atoms with van der Waals surface area (Å²) < 4.78 is 5.51. The number of nitrogens with two attached hydrogens (primary N) is 1. The van der Waals surface area contributed by atoms with Crippen molar-refractivity contribution in [1.29, 1.82) is 0 Å². The predicted molar refractivity (Wildman–Crippen MR) is 55.1 cm³/mol. The van der Waals surface area contributed by atoms with Gasteiger partial charge in [0, 0.05) is 6.54 Å². The zero-order valence-corrected chi connectivity index (χ0v) is 8.76. The predicted octanol–water partition coefficient (Wildman–Crippen LogP) is 1.08. The van der Waals surface area contributed by atoms with Crippen LogP contribution in [0.4, 0.5) is 0 Å². The molecule has 0 aromatic carbocycles. The number of hydrogen-bond acceptors (Lipinski definition) is 3. The van der Waals surface area contributed by atoms with Gasteiger partial charge < -0.3 is 15.6 Å². The van der Waals surface area contributed by atoms with Gasteiger partial charge in [-0.25, -0.2) is 0 Å². The molecule has 0 radical (unpaired) electrons.